The van der Waals surface area contributed by atoms with Crippen LogP contribution in [-0.2, 0) is 14.8 Å². The second-order valence-corrected chi connectivity index (χ2v) is 9.85. The minimum absolute atomic E-state index is 0.0568. The van der Waals surface area contributed by atoms with E-state index in [9.17, 15) is 13.2 Å². The van der Waals surface area contributed by atoms with E-state index in [0.29, 0.717) is 12.2 Å². The van der Waals surface area contributed by atoms with Crippen molar-refractivity contribution < 1.29 is 13.2 Å². The molecule has 23 heavy (non-hydrogen) atoms. The highest BCUT2D eigenvalue weighted by atomic mass is 32.2. The van der Waals surface area contributed by atoms with Crippen molar-refractivity contribution in [2.75, 3.05) is 6.54 Å². The molecule has 2 aliphatic rings. The van der Waals surface area contributed by atoms with E-state index in [4.69, 9.17) is 0 Å². The summed E-state index contributed by atoms with van der Waals surface area (Å²) in [7, 11) is -3.52. The van der Waals surface area contributed by atoms with E-state index in [1.807, 2.05) is 0 Å². The van der Waals surface area contributed by atoms with Crippen LogP contribution in [0.15, 0.2) is 34.2 Å². The predicted octanol–water partition coefficient (Wildman–Crippen LogP) is 3.24. The van der Waals surface area contributed by atoms with Gasteiger partial charge in [-0.3, -0.25) is 0 Å². The van der Waals surface area contributed by atoms with Crippen molar-refractivity contribution in [3.8, 4) is 0 Å². The van der Waals surface area contributed by atoms with Gasteiger partial charge in [-0.05, 0) is 54.4 Å². The molecule has 1 heterocycles. The maximum atomic E-state index is 13.0. The van der Waals surface area contributed by atoms with Crippen molar-refractivity contribution in [3.05, 3.63) is 24.3 Å². The third-order valence-corrected chi connectivity index (χ3v) is 6.90. The molecule has 0 amide bonds. The molecule has 1 aliphatic carbocycles. The van der Waals surface area contributed by atoms with Crippen molar-refractivity contribution in [2.24, 2.45) is 15.8 Å². The topological polar surface area (TPSA) is 66.8 Å². The Hall–Kier alpha value is -1.49. The quantitative estimate of drug-likeness (QED) is 0.629. The Balaban J connectivity index is 1.93. The van der Waals surface area contributed by atoms with Crippen molar-refractivity contribution >= 4 is 21.8 Å². The van der Waals surface area contributed by atoms with Crippen molar-refractivity contribution in [3.63, 3.8) is 0 Å². The molecule has 2 fully saturated rings. The molecule has 5 nitrogen and oxygen atoms in total. The van der Waals surface area contributed by atoms with Crippen LogP contribution >= 0.6 is 0 Å². The fraction of sp³-hybridized carbons (Fsp3) is 0.588. The molecule has 2 bridgehead atoms. The van der Waals surface area contributed by atoms with Crippen molar-refractivity contribution in [2.45, 2.75) is 51.0 Å². The Bertz CT molecular complexity index is 764. The number of aliphatic imine (C=N–C) groups is 1. The minimum atomic E-state index is -3.52. The van der Waals surface area contributed by atoms with Gasteiger partial charge in [0.05, 0.1) is 10.6 Å². The van der Waals surface area contributed by atoms with Crippen LogP contribution in [0, 0.1) is 10.8 Å². The van der Waals surface area contributed by atoms with Gasteiger partial charge in [0, 0.05) is 12.6 Å². The number of benzene rings is 1. The van der Waals surface area contributed by atoms with Crippen LogP contribution in [0.3, 0.4) is 0 Å². The smallest absolute Gasteiger partial charge is 0.211 e. The van der Waals surface area contributed by atoms with E-state index in [1.165, 1.54) is 30.3 Å². The van der Waals surface area contributed by atoms with Crippen LogP contribution in [0.5, 0.6) is 0 Å². The summed E-state index contributed by atoms with van der Waals surface area (Å²) in [5.41, 5.74) is 0.637. The zero-order valence-electron chi connectivity index (χ0n) is 13.7. The molecule has 1 aromatic carbocycles. The van der Waals surface area contributed by atoms with Gasteiger partial charge in [-0.1, -0.05) is 20.8 Å². The first kappa shape index (κ1) is 16.4. The first-order chi connectivity index (χ1) is 10.7. The van der Waals surface area contributed by atoms with Gasteiger partial charge >= 0.3 is 0 Å². The molecule has 0 radical (unpaired) electrons. The number of nitrogens with zero attached hydrogens (tertiary/aromatic N) is 2. The Labute approximate surface area is 137 Å². The van der Waals surface area contributed by atoms with Gasteiger partial charge in [-0.2, -0.15) is 9.30 Å². The molecule has 0 aromatic heterocycles. The first-order valence-electron chi connectivity index (χ1n) is 7.85. The van der Waals surface area contributed by atoms with Crippen LogP contribution in [0.2, 0.25) is 0 Å². The van der Waals surface area contributed by atoms with E-state index in [1.54, 1.807) is 4.31 Å². The normalized spacial score (nSPS) is 30.0. The van der Waals surface area contributed by atoms with Crippen LogP contribution in [0.4, 0.5) is 5.69 Å². The highest BCUT2D eigenvalue weighted by molar-refractivity contribution is 7.89. The fourth-order valence-corrected chi connectivity index (χ4v) is 6.34. The van der Waals surface area contributed by atoms with Crippen LogP contribution in [0.25, 0.3) is 0 Å². The summed E-state index contributed by atoms with van der Waals surface area (Å²) in [4.78, 5) is 14.0. The van der Waals surface area contributed by atoms with E-state index in [0.717, 1.165) is 19.3 Å². The minimum Gasteiger partial charge on any atom is -0.211 e. The molecule has 0 spiro atoms. The lowest BCUT2D eigenvalue weighted by Gasteiger charge is -2.39. The number of hydrogen-bond donors (Lipinski definition) is 0. The molecular weight excluding hydrogens is 312 g/mol. The third-order valence-electron chi connectivity index (χ3n) is 4.98. The lowest BCUT2D eigenvalue weighted by Crippen LogP contribution is -2.37. The number of rotatable bonds is 3. The highest BCUT2D eigenvalue weighted by Gasteiger charge is 2.53. The van der Waals surface area contributed by atoms with E-state index in [2.05, 4.69) is 25.8 Å². The van der Waals surface area contributed by atoms with E-state index >= 15 is 0 Å². The predicted molar refractivity (Wildman–Crippen MR) is 87.6 cm³/mol. The Morgan fingerprint density at radius 1 is 1.17 bits per heavy atom. The molecule has 0 N–H and O–H groups in total. The second kappa shape index (κ2) is 5.26. The molecule has 2 atom stereocenters. The Morgan fingerprint density at radius 2 is 1.83 bits per heavy atom. The van der Waals surface area contributed by atoms with Gasteiger partial charge < -0.3 is 0 Å². The summed E-state index contributed by atoms with van der Waals surface area (Å²) >= 11 is 0. The largest absolute Gasteiger partial charge is 0.243 e. The van der Waals surface area contributed by atoms with Gasteiger partial charge in [0.2, 0.25) is 16.1 Å². The average molecular weight is 334 g/mol. The number of carbonyl (C=O) groups excluding carboxylic acids is 1. The van der Waals surface area contributed by atoms with E-state index < -0.39 is 10.0 Å². The molecule has 1 aromatic rings. The van der Waals surface area contributed by atoms with Gasteiger partial charge in [0.15, 0.2) is 0 Å². The number of isocyanates is 1. The molecule has 3 rings (SSSR count). The third kappa shape index (κ3) is 2.99. The second-order valence-electron chi connectivity index (χ2n) is 7.96. The van der Waals surface area contributed by atoms with Gasteiger partial charge in [0.25, 0.3) is 0 Å². The standard InChI is InChI=1S/C17H22N2O3S/c1-16(2)8-14-9-17(3,10-16)11-19(14)23(21,22)15-6-4-13(5-7-15)18-12-20/h4-7,14H,8-11H2,1-3H3. The van der Waals surface area contributed by atoms with Crippen LogP contribution in [-0.4, -0.2) is 31.4 Å². The summed E-state index contributed by atoms with van der Waals surface area (Å²) in [6.45, 7) is 7.22. The average Bonchev–Trinajstić information content (AvgIpc) is 2.69. The van der Waals surface area contributed by atoms with Gasteiger partial charge in [-0.25, -0.2) is 13.2 Å². The maximum Gasteiger partial charge on any atom is 0.243 e. The van der Waals surface area contributed by atoms with Crippen molar-refractivity contribution in [1.29, 1.82) is 0 Å². The zero-order valence-corrected chi connectivity index (χ0v) is 14.6. The fourth-order valence-electron chi connectivity index (χ4n) is 4.57. The molecule has 2 unspecified atom stereocenters. The summed E-state index contributed by atoms with van der Waals surface area (Å²) in [6.07, 6.45) is 4.34. The Kier molecular flexibility index (Phi) is 3.75. The number of hydrogen-bond acceptors (Lipinski definition) is 4. The van der Waals surface area contributed by atoms with Gasteiger partial charge in [-0.15, -0.1) is 0 Å². The lowest BCUT2D eigenvalue weighted by atomic mass is 9.65. The maximum absolute atomic E-state index is 13.0. The van der Waals surface area contributed by atoms with E-state index in [-0.39, 0.29) is 21.8 Å². The SMILES string of the molecule is CC1(C)CC2CC(C)(CN2S(=O)(=O)c2ccc(N=C=O)cc2)C1. The number of sulfonamides is 1. The summed E-state index contributed by atoms with van der Waals surface area (Å²) in [5, 5.41) is 0. The molecule has 1 aliphatic heterocycles. The van der Waals surface area contributed by atoms with Gasteiger partial charge in [0.1, 0.15) is 0 Å². The number of fused-ring (bicyclic) bond motifs is 2. The molecule has 1 saturated heterocycles. The van der Waals surface area contributed by atoms with Crippen LogP contribution < -0.4 is 0 Å². The zero-order chi connectivity index (χ0) is 16.9. The molecule has 124 valence electrons. The van der Waals surface area contributed by atoms with Crippen molar-refractivity contribution in [1.82, 2.24) is 4.31 Å². The van der Waals surface area contributed by atoms with Crippen LogP contribution in [0.1, 0.15) is 40.0 Å². The molecule has 1 saturated carbocycles. The molecule has 6 heteroatoms. The summed E-state index contributed by atoms with van der Waals surface area (Å²) in [6, 6.07) is 6.17. The Morgan fingerprint density at radius 3 is 2.43 bits per heavy atom. The summed E-state index contributed by atoms with van der Waals surface area (Å²) < 4.78 is 27.7. The lowest BCUT2D eigenvalue weighted by molar-refractivity contribution is 0.133. The molecular formula is C17H22N2O3S. The highest BCUT2D eigenvalue weighted by Crippen LogP contribution is 2.53. The first-order valence-corrected chi connectivity index (χ1v) is 9.29. The summed E-state index contributed by atoms with van der Waals surface area (Å²) in [5.74, 6) is 0. The monoisotopic (exact) mass is 334 g/mol.